The van der Waals surface area contributed by atoms with Crippen LogP contribution in [0.4, 0.5) is 0 Å². The van der Waals surface area contributed by atoms with Crippen LogP contribution >= 0.6 is 0 Å². The van der Waals surface area contributed by atoms with E-state index in [-0.39, 0.29) is 4.90 Å². The lowest BCUT2D eigenvalue weighted by atomic mass is 10.1. The monoisotopic (exact) mass is 248 g/mol. The second kappa shape index (κ2) is 4.58. The van der Waals surface area contributed by atoms with E-state index in [2.05, 4.69) is 10.6 Å². The summed E-state index contributed by atoms with van der Waals surface area (Å²) in [7, 11) is -3.66. The van der Waals surface area contributed by atoms with E-state index >= 15 is 0 Å². The normalized spacial score (nSPS) is 11.5. The Morgan fingerprint density at radius 2 is 1.82 bits per heavy atom. The van der Waals surface area contributed by atoms with Crippen molar-refractivity contribution in [2.24, 2.45) is 0 Å². The molecule has 0 spiro atoms. The maximum absolute atomic E-state index is 11.9. The second-order valence-electron chi connectivity index (χ2n) is 4.01. The molecule has 1 aromatic rings. The molecule has 0 aliphatic heterocycles. The Hall–Kier alpha value is -1.82. The van der Waals surface area contributed by atoms with Crippen LogP contribution < -0.4 is 4.72 Å². The van der Waals surface area contributed by atoms with E-state index in [1.54, 1.807) is 13.8 Å². The molecule has 0 aliphatic rings. The number of terminal acetylenes is 1. The SMILES string of the molecule is C#CC(C)(C)NS(=O)(=O)c1ccc(C#N)cc1. The molecule has 0 saturated heterocycles. The van der Waals surface area contributed by atoms with Gasteiger partial charge in [0.1, 0.15) is 0 Å². The van der Waals surface area contributed by atoms with Gasteiger partial charge in [-0.05, 0) is 38.1 Å². The first-order chi connectivity index (χ1) is 7.80. The van der Waals surface area contributed by atoms with Gasteiger partial charge in [0.2, 0.25) is 10.0 Å². The topological polar surface area (TPSA) is 70.0 Å². The Labute approximate surface area is 101 Å². The summed E-state index contributed by atoms with van der Waals surface area (Å²) in [5.41, 5.74) is -0.549. The minimum absolute atomic E-state index is 0.0832. The highest BCUT2D eigenvalue weighted by Gasteiger charge is 2.23. The van der Waals surface area contributed by atoms with E-state index in [0.29, 0.717) is 5.56 Å². The fraction of sp³-hybridized carbons (Fsp3) is 0.250. The molecule has 0 fully saturated rings. The number of rotatable bonds is 3. The summed E-state index contributed by atoms with van der Waals surface area (Å²) >= 11 is 0. The van der Waals surface area contributed by atoms with Gasteiger partial charge in [-0.25, -0.2) is 8.42 Å². The van der Waals surface area contributed by atoms with Crippen molar-refractivity contribution in [3.8, 4) is 18.4 Å². The first-order valence-electron chi connectivity index (χ1n) is 4.83. The summed E-state index contributed by atoms with van der Waals surface area (Å²) in [6, 6.07) is 7.54. The zero-order valence-corrected chi connectivity index (χ0v) is 10.4. The molecule has 0 heterocycles. The highest BCUT2D eigenvalue weighted by molar-refractivity contribution is 7.89. The summed E-state index contributed by atoms with van der Waals surface area (Å²) in [5, 5.41) is 8.61. The molecule has 0 radical (unpaired) electrons. The zero-order valence-electron chi connectivity index (χ0n) is 9.56. The van der Waals surface area contributed by atoms with Gasteiger partial charge in [0.15, 0.2) is 0 Å². The lowest BCUT2D eigenvalue weighted by Crippen LogP contribution is -2.41. The van der Waals surface area contributed by atoms with E-state index in [4.69, 9.17) is 11.7 Å². The van der Waals surface area contributed by atoms with Gasteiger partial charge in [0.25, 0.3) is 0 Å². The van der Waals surface area contributed by atoms with E-state index in [1.807, 2.05) is 6.07 Å². The fourth-order valence-electron chi connectivity index (χ4n) is 1.13. The van der Waals surface area contributed by atoms with Gasteiger partial charge in [-0.2, -0.15) is 9.98 Å². The predicted octanol–water partition coefficient (Wildman–Crippen LogP) is 1.25. The number of hydrogen-bond donors (Lipinski definition) is 1. The molecule has 1 rings (SSSR count). The van der Waals surface area contributed by atoms with Crippen LogP contribution in [-0.2, 0) is 10.0 Å². The number of nitrogens with one attached hydrogen (secondary N) is 1. The second-order valence-corrected chi connectivity index (χ2v) is 5.69. The van der Waals surface area contributed by atoms with Gasteiger partial charge in [0.05, 0.1) is 22.1 Å². The largest absolute Gasteiger partial charge is 0.241 e. The molecular formula is C12H12N2O2S. The maximum Gasteiger partial charge on any atom is 0.241 e. The average Bonchev–Trinajstić information content (AvgIpc) is 2.28. The molecule has 0 bridgehead atoms. The Bertz CT molecular complexity index is 587. The third kappa shape index (κ3) is 3.32. The summed E-state index contributed by atoms with van der Waals surface area (Å²) in [6.07, 6.45) is 5.22. The average molecular weight is 248 g/mol. The lowest BCUT2D eigenvalue weighted by molar-refractivity contribution is 0.539. The molecule has 1 N–H and O–H groups in total. The van der Waals surface area contributed by atoms with Crippen molar-refractivity contribution in [3.05, 3.63) is 29.8 Å². The molecule has 0 amide bonds. The zero-order chi connectivity index (χ0) is 13.1. The highest BCUT2D eigenvalue weighted by atomic mass is 32.2. The first kappa shape index (κ1) is 13.2. The Morgan fingerprint density at radius 3 is 2.24 bits per heavy atom. The van der Waals surface area contributed by atoms with Crippen LogP contribution in [0.2, 0.25) is 0 Å². The van der Waals surface area contributed by atoms with Crippen molar-refractivity contribution in [2.45, 2.75) is 24.3 Å². The van der Waals surface area contributed by atoms with Crippen molar-refractivity contribution in [1.82, 2.24) is 4.72 Å². The molecular weight excluding hydrogens is 236 g/mol. The lowest BCUT2D eigenvalue weighted by Gasteiger charge is -2.19. The van der Waals surface area contributed by atoms with E-state index in [9.17, 15) is 8.42 Å². The molecule has 0 aromatic heterocycles. The van der Waals surface area contributed by atoms with Crippen LogP contribution in [0.15, 0.2) is 29.2 Å². The number of sulfonamides is 1. The Kier molecular flexibility index (Phi) is 3.57. The minimum atomic E-state index is -3.66. The van der Waals surface area contributed by atoms with Crippen LogP contribution in [-0.4, -0.2) is 14.0 Å². The standard InChI is InChI=1S/C12H12N2O2S/c1-4-12(2,3)14-17(15,16)11-7-5-10(9-13)6-8-11/h1,5-8,14H,2-3H3. The third-order valence-electron chi connectivity index (χ3n) is 2.04. The van der Waals surface area contributed by atoms with E-state index < -0.39 is 15.6 Å². The fourth-order valence-corrected chi connectivity index (χ4v) is 2.48. The molecule has 5 heteroatoms. The summed E-state index contributed by atoms with van der Waals surface area (Å²) < 4.78 is 26.2. The maximum atomic E-state index is 11.9. The van der Waals surface area contributed by atoms with Crippen LogP contribution in [0.25, 0.3) is 0 Å². The van der Waals surface area contributed by atoms with Crippen LogP contribution in [0.5, 0.6) is 0 Å². The van der Waals surface area contributed by atoms with Gasteiger partial charge < -0.3 is 0 Å². The minimum Gasteiger partial charge on any atom is -0.207 e. The molecule has 0 unspecified atom stereocenters. The molecule has 88 valence electrons. The molecule has 17 heavy (non-hydrogen) atoms. The molecule has 4 nitrogen and oxygen atoms in total. The quantitative estimate of drug-likeness (QED) is 0.818. The Morgan fingerprint density at radius 1 is 1.29 bits per heavy atom. The van der Waals surface area contributed by atoms with Crippen molar-refractivity contribution in [1.29, 1.82) is 5.26 Å². The smallest absolute Gasteiger partial charge is 0.207 e. The third-order valence-corrected chi connectivity index (χ3v) is 3.72. The van der Waals surface area contributed by atoms with Crippen molar-refractivity contribution in [2.75, 3.05) is 0 Å². The van der Waals surface area contributed by atoms with Crippen LogP contribution in [0, 0.1) is 23.7 Å². The number of nitrogens with zero attached hydrogens (tertiary/aromatic N) is 1. The number of nitriles is 1. The molecule has 0 saturated carbocycles. The molecule has 0 aliphatic carbocycles. The Balaban J connectivity index is 3.08. The van der Waals surface area contributed by atoms with Gasteiger partial charge in [0, 0.05) is 0 Å². The van der Waals surface area contributed by atoms with Crippen LogP contribution in [0.3, 0.4) is 0 Å². The van der Waals surface area contributed by atoms with Gasteiger partial charge in [-0.1, -0.05) is 5.92 Å². The number of benzene rings is 1. The molecule has 0 atom stereocenters. The predicted molar refractivity (Wildman–Crippen MR) is 64.4 cm³/mol. The summed E-state index contributed by atoms with van der Waals surface area (Å²) in [4.78, 5) is 0.0832. The summed E-state index contributed by atoms with van der Waals surface area (Å²) in [5.74, 6) is 2.35. The highest BCUT2D eigenvalue weighted by Crippen LogP contribution is 2.13. The van der Waals surface area contributed by atoms with Gasteiger partial charge >= 0.3 is 0 Å². The van der Waals surface area contributed by atoms with Crippen molar-refractivity contribution in [3.63, 3.8) is 0 Å². The van der Waals surface area contributed by atoms with E-state index in [1.165, 1.54) is 24.3 Å². The van der Waals surface area contributed by atoms with Gasteiger partial charge in [-0.15, -0.1) is 6.42 Å². The van der Waals surface area contributed by atoms with Crippen molar-refractivity contribution < 1.29 is 8.42 Å². The van der Waals surface area contributed by atoms with Crippen LogP contribution in [0.1, 0.15) is 19.4 Å². The first-order valence-corrected chi connectivity index (χ1v) is 6.31. The summed E-state index contributed by atoms with van der Waals surface area (Å²) in [6.45, 7) is 3.18. The van der Waals surface area contributed by atoms with Gasteiger partial charge in [-0.3, -0.25) is 0 Å². The molecule has 1 aromatic carbocycles. The van der Waals surface area contributed by atoms with E-state index in [0.717, 1.165) is 0 Å². The van der Waals surface area contributed by atoms with Crippen molar-refractivity contribution >= 4 is 10.0 Å². The number of hydrogen-bond acceptors (Lipinski definition) is 3.